The molecule has 1 aromatic rings. The largest absolute Gasteiger partial charge is 0.467 e. The van der Waals surface area contributed by atoms with Crippen molar-refractivity contribution in [1.82, 2.24) is 4.98 Å². The summed E-state index contributed by atoms with van der Waals surface area (Å²) in [6, 6.07) is 1.84. The van der Waals surface area contributed by atoms with Crippen LogP contribution >= 0.6 is 0 Å². The number of aromatic nitrogens is 1. The van der Waals surface area contributed by atoms with Crippen molar-refractivity contribution < 1.29 is 14.5 Å². The highest BCUT2D eigenvalue weighted by Gasteiger charge is 2.23. The van der Waals surface area contributed by atoms with E-state index >= 15 is 0 Å². The molecule has 0 saturated heterocycles. The standard InChI is InChI=1S/C11H11N3O4/c1-3-5-8(11(15)18-2)13-10-9(14(16)17)6-4-7-12-10/h1,4,6-8H,5H2,2H3,(H,12,13)/t8-/m1/s1. The second kappa shape index (κ2) is 6.20. The molecule has 0 aliphatic heterocycles. The molecule has 7 heteroatoms. The molecule has 1 heterocycles. The average molecular weight is 249 g/mol. The minimum atomic E-state index is -0.867. The van der Waals surface area contributed by atoms with Crippen LogP contribution in [-0.2, 0) is 9.53 Å². The Balaban J connectivity index is 2.97. The molecule has 0 bridgehead atoms. The van der Waals surface area contributed by atoms with E-state index in [0.717, 1.165) is 0 Å². The van der Waals surface area contributed by atoms with Crippen LogP contribution in [0.1, 0.15) is 6.42 Å². The number of rotatable bonds is 5. The number of terminal acetylenes is 1. The first-order chi connectivity index (χ1) is 8.60. The van der Waals surface area contributed by atoms with Crippen molar-refractivity contribution in [3.63, 3.8) is 0 Å². The highest BCUT2D eigenvalue weighted by atomic mass is 16.6. The van der Waals surface area contributed by atoms with Gasteiger partial charge in [0.15, 0.2) is 0 Å². The van der Waals surface area contributed by atoms with Gasteiger partial charge in [-0.25, -0.2) is 9.78 Å². The van der Waals surface area contributed by atoms with Gasteiger partial charge in [-0.1, -0.05) is 0 Å². The Kier molecular flexibility index (Phi) is 4.63. The van der Waals surface area contributed by atoms with E-state index in [9.17, 15) is 14.9 Å². The van der Waals surface area contributed by atoms with Crippen molar-refractivity contribution in [3.05, 3.63) is 28.4 Å². The number of pyridine rings is 1. The number of ether oxygens (including phenoxy) is 1. The highest BCUT2D eigenvalue weighted by molar-refractivity contribution is 5.80. The van der Waals surface area contributed by atoms with Gasteiger partial charge in [0.1, 0.15) is 6.04 Å². The molecule has 0 spiro atoms. The van der Waals surface area contributed by atoms with E-state index in [2.05, 4.69) is 21.0 Å². The fourth-order valence-electron chi connectivity index (χ4n) is 1.27. The van der Waals surface area contributed by atoms with Crippen LogP contribution in [0.4, 0.5) is 11.5 Å². The normalized spacial score (nSPS) is 11.1. The summed E-state index contributed by atoms with van der Waals surface area (Å²) in [5, 5.41) is 13.4. The molecule has 0 fully saturated rings. The number of nitrogens with one attached hydrogen (secondary N) is 1. The van der Waals surface area contributed by atoms with Gasteiger partial charge in [0.05, 0.1) is 12.0 Å². The van der Waals surface area contributed by atoms with Gasteiger partial charge in [0.2, 0.25) is 5.82 Å². The summed E-state index contributed by atoms with van der Waals surface area (Å²) in [6.07, 6.45) is 6.54. The number of esters is 1. The Morgan fingerprint density at radius 3 is 3.06 bits per heavy atom. The summed E-state index contributed by atoms with van der Waals surface area (Å²) >= 11 is 0. The molecule has 94 valence electrons. The third-order valence-electron chi connectivity index (χ3n) is 2.10. The lowest BCUT2D eigenvalue weighted by Gasteiger charge is -2.14. The number of methoxy groups -OCH3 is 1. The number of nitro groups is 1. The van der Waals surface area contributed by atoms with Gasteiger partial charge in [-0.05, 0) is 6.07 Å². The maximum Gasteiger partial charge on any atom is 0.329 e. The molecule has 1 rings (SSSR count). The average Bonchev–Trinajstić information content (AvgIpc) is 2.37. The van der Waals surface area contributed by atoms with Gasteiger partial charge in [-0.3, -0.25) is 10.1 Å². The van der Waals surface area contributed by atoms with E-state index in [1.807, 2.05) is 0 Å². The predicted molar refractivity (Wildman–Crippen MR) is 63.8 cm³/mol. The Bertz CT molecular complexity index is 495. The van der Waals surface area contributed by atoms with E-state index in [4.69, 9.17) is 6.42 Å². The molecule has 0 aromatic carbocycles. The van der Waals surface area contributed by atoms with Gasteiger partial charge in [-0.15, -0.1) is 12.3 Å². The zero-order chi connectivity index (χ0) is 13.5. The van der Waals surface area contributed by atoms with Gasteiger partial charge in [-0.2, -0.15) is 0 Å². The Labute approximate surface area is 103 Å². The summed E-state index contributed by atoms with van der Waals surface area (Å²) in [4.78, 5) is 25.4. The first-order valence-electron chi connectivity index (χ1n) is 4.97. The number of hydrogen-bond donors (Lipinski definition) is 1. The van der Waals surface area contributed by atoms with Crippen LogP contribution in [0.25, 0.3) is 0 Å². The van der Waals surface area contributed by atoms with Crippen molar-refractivity contribution in [2.45, 2.75) is 12.5 Å². The summed E-state index contributed by atoms with van der Waals surface area (Å²) in [5.74, 6) is 1.67. The lowest BCUT2D eigenvalue weighted by molar-refractivity contribution is -0.384. The summed E-state index contributed by atoms with van der Waals surface area (Å²) in [6.45, 7) is 0. The molecule has 0 saturated carbocycles. The minimum Gasteiger partial charge on any atom is -0.467 e. The molecule has 1 N–H and O–H groups in total. The zero-order valence-corrected chi connectivity index (χ0v) is 9.62. The Hall–Kier alpha value is -2.62. The number of carbonyl (C=O) groups excluding carboxylic acids is 1. The number of hydrogen-bond acceptors (Lipinski definition) is 6. The van der Waals surface area contributed by atoms with Crippen LogP contribution in [0.5, 0.6) is 0 Å². The molecule has 0 amide bonds. The van der Waals surface area contributed by atoms with Crippen molar-refractivity contribution in [3.8, 4) is 12.3 Å². The molecule has 7 nitrogen and oxygen atoms in total. The third-order valence-corrected chi connectivity index (χ3v) is 2.10. The van der Waals surface area contributed by atoms with Crippen LogP contribution in [0.15, 0.2) is 18.3 Å². The van der Waals surface area contributed by atoms with Crippen molar-refractivity contribution in [2.75, 3.05) is 12.4 Å². The fraction of sp³-hybridized carbons (Fsp3) is 0.273. The summed E-state index contributed by atoms with van der Waals surface area (Å²) in [5.41, 5.74) is -0.233. The smallest absolute Gasteiger partial charge is 0.329 e. The Morgan fingerprint density at radius 2 is 2.50 bits per heavy atom. The minimum absolute atomic E-state index is 0.0202. The van der Waals surface area contributed by atoms with Crippen LogP contribution in [-0.4, -0.2) is 29.0 Å². The first kappa shape index (κ1) is 13.4. The van der Waals surface area contributed by atoms with E-state index in [1.165, 1.54) is 25.4 Å². The van der Waals surface area contributed by atoms with Crippen LogP contribution < -0.4 is 5.32 Å². The van der Waals surface area contributed by atoms with Gasteiger partial charge >= 0.3 is 11.7 Å². The van der Waals surface area contributed by atoms with Gasteiger partial charge in [0.25, 0.3) is 0 Å². The van der Waals surface area contributed by atoms with E-state index in [0.29, 0.717) is 0 Å². The van der Waals surface area contributed by atoms with Crippen molar-refractivity contribution in [2.24, 2.45) is 0 Å². The molecule has 1 atom stereocenters. The second-order valence-corrected chi connectivity index (χ2v) is 3.26. The molecule has 18 heavy (non-hydrogen) atoms. The predicted octanol–water partition coefficient (Wildman–Crippen LogP) is 0.967. The Morgan fingerprint density at radius 1 is 1.78 bits per heavy atom. The third kappa shape index (κ3) is 3.18. The zero-order valence-electron chi connectivity index (χ0n) is 9.62. The first-order valence-corrected chi connectivity index (χ1v) is 4.97. The lowest BCUT2D eigenvalue weighted by Crippen LogP contribution is -2.30. The van der Waals surface area contributed by atoms with Crippen molar-refractivity contribution >= 4 is 17.5 Å². The van der Waals surface area contributed by atoms with E-state index < -0.39 is 16.9 Å². The maximum atomic E-state index is 11.4. The number of anilines is 1. The monoisotopic (exact) mass is 249 g/mol. The topological polar surface area (TPSA) is 94.4 Å². The molecule has 0 aliphatic rings. The molecule has 0 radical (unpaired) electrons. The molecule has 0 aliphatic carbocycles. The SMILES string of the molecule is C#CC[C@@H](Nc1ncccc1[N+](=O)[O-])C(=O)OC. The van der Waals surface area contributed by atoms with Gasteiger partial charge < -0.3 is 10.1 Å². The van der Waals surface area contributed by atoms with Crippen LogP contribution in [0.2, 0.25) is 0 Å². The molecule has 1 aromatic heterocycles. The van der Waals surface area contributed by atoms with E-state index in [-0.39, 0.29) is 17.9 Å². The molecule has 0 unspecified atom stereocenters. The van der Waals surface area contributed by atoms with Crippen LogP contribution in [0, 0.1) is 22.5 Å². The van der Waals surface area contributed by atoms with Crippen molar-refractivity contribution in [1.29, 1.82) is 0 Å². The van der Waals surface area contributed by atoms with Crippen LogP contribution in [0.3, 0.4) is 0 Å². The number of nitrogens with zero attached hydrogens (tertiary/aromatic N) is 2. The van der Waals surface area contributed by atoms with Gasteiger partial charge in [0, 0.05) is 18.7 Å². The quantitative estimate of drug-likeness (QED) is 0.361. The maximum absolute atomic E-state index is 11.4. The summed E-state index contributed by atoms with van der Waals surface area (Å²) in [7, 11) is 1.21. The fourth-order valence-corrected chi connectivity index (χ4v) is 1.27. The highest BCUT2D eigenvalue weighted by Crippen LogP contribution is 2.21. The number of carbonyl (C=O) groups is 1. The summed E-state index contributed by atoms with van der Waals surface area (Å²) < 4.78 is 4.54. The van der Waals surface area contributed by atoms with E-state index in [1.54, 1.807) is 0 Å². The molecular weight excluding hydrogens is 238 g/mol. The lowest BCUT2D eigenvalue weighted by atomic mass is 10.2. The molecular formula is C11H11N3O4. The second-order valence-electron chi connectivity index (χ2n) is 3.26.